The van der Waals surface area contributed by atoms with Gasteiger partial charge in [-0.3, -0.25) is 4.79 Å². The third kappa shape index (κ3) is 9.73. The normalized spacial score (nSPS) is 10.3. The van der Waals surface area contributed by atoms with E-state index in [4.69, 9.17) is 0 Å². The van der Waals surface area contributed by atoms with Gasteiger partial charge in [0.1, 0.15) is 0 Å². The van der Waals surface area contributed by atoms with Crippen LogP contribution in [0.15, 0.2) is 0 Å². The molecule has 0 radical (unpaired) electrons. The van der Waals surface area contributed by atoms with Gasteiger partial charge in [-0.05, 0) is 17.6 Å². The monoisotopic (exact) mass is 241 g/mol. The van der Waals surface area contributed by atoms with Crippen molar-refractivity contribution < 1.29 is 4.79 Å². The molecular weight excluding hydrogens is 217 g/mol. The molecule has 0 aliphatic rings. The minimum absolute atomic E-state index is 0. The predicted molar refractivity (Wildman–Crippen MR) is 71.9 cm³/mol. The van der Waals surface area contributed by atoms with Crippen LogP contribution in [-0.4, -0.2) is 58.5 Å². The van der Waals surface area contributed by atoms with Crippen molar-refractivity contribution in [3.63, 3.8) is 0 Å². The van der Waals surface area contributed by atoms with E-state index in [-0.39, 0.29) is 34.8 Å². The minimum atomic E-state index is 0. The van der Waals surface area contributed by atoms with E-state index in [0.717, 1.165) is 18.8 Å². The van der Waals surface area contributed by atoms with Crippen LogP contribution >= 0.6 is 11.8 Å². The van der Waals surface area contributed by atoms with Crippen LogP contribution in [0.4, 0.5) is 4.79 Å². The molecule has 0 N–H and O–H groups in total. The quantitative estimate of drug-likeness (QED) is 0.690. The van der Waals surface area contributed by atoms with Crippen molar-refractivity contribution in [3.05, 3.63) is 0 Å². The molecule has 0 saturated heterocycles. The van der Waals surface area contributed by atoms with Gasteiger partial charge in [0, 0.05) is 13.1 Å². The van der Waals surface area contributed by atoms with E-state index in [1.807, 2.05) is 11.8 Å². The summed E-state index contributed by atoms with van der Waals surface area (Å²) in [4.78, 5) is 13.7. The van der Waals surface area contributed by atoms with E-state index in [9.17, 15) is 4.79 Å². The number of nitrogens with zero attached hydrogens (tertiary/aromatic N) is 1. The first-order valence-electron chi connectivity index (χ1n) is 5.39. The van der Waals surface area contributed by atoms with Crippen molar-refractivity contribution in [1.82, 2.24) is 4.90 Å². The van der Waals surface area contributed by atoms with Crippen molar-refractivity contribution in [3.8, 4) is 0 Å². The molecule has 0 atom stereocenters. The van der Waals surface area contributed by atoms with Crippen molar-refractivity contribution >= 4 is 46.6 Å². The summed E-state index contributed by atoms with van der Waals surface area (Å²) in [5, 5.41) is 0.231. The molecule has 0 spiro atoms. The predicted octanol–water partition coefficient (Wildman–Crippen LogP) is 2.83. The summed E-state index contributed by atoms with van der Waals surface area (Å²) in [5.41, 5.74) is 0. The van der Waals surface area contributed by atoms with Crippen LogP contribution in [0.2, 0.25) is 0 Å². The molecule has 0 heterocycles. The molecule has 0 aromatic carbocycles. The Hall–Kier alpha value is 0.820. The molecule has 0 fully saturated rings. The van der Waals surface area contributed by atoms with Crippen molar-refractivity contribution in [1.29, 1.82) is 0 Å². The maximum absolute atomic E-state index is 11.7. The van der Waals surface area contributed by atoms with Gasteiger partial charge in [0.05, 0.1) is 0 Å². The first kappa shape index (κ1) is 18.2. The molecule has 0 bridgehead atoms. The van der Waals surface area contributed by atoms with Gasteiger partial charge in [-0.15, -0.1) is 0 Å². The molecular formula is C11H24NNaOS. The van der Waals surface area contributed by atoms with E-state index in [1.165, 1.54) is 11.8 Å². The molecule has 86 valence electrons. The average Bonchev–Trinajstić information content (AvgIpc) is 2.01. The zero-order valence-corrected chi connectivity index (χ0v) is 10.9. The van der Waals surface area contributed by atoms with Gasteiger partial charge in [0.15, 0.2) is 0 Å². The maximum atomic E-state index is 11.7. The average molecular weight is 241 g/mol. The topological polar surface area (TPSA) is 20.3 Å². The first-order valence-corrected chi connectivity index (χ1v) is 6.37. The van der Waals surface area contributed by atoms with Gasteiger partial charge >= 0.3 is 29.6 Å². The number of carbonyl (C=O) groups is 1. The first-order chi connectivity index (χ1) is 6.47. The van der Waals surface area contributed by atoms with Gasteiger partial charge in [-0.25, -0.2) is 0 Å². The van der Waals surface area contributed by atoms with E-state index in [2.05, 4.69) is 27.7 Å². The van der Waals surface area contributed by atoms with Crippen LogP contribution in [0.1, 0.15) is 34.6 Å². The summed E-state index contributed by atoms with van der Waals surface area (Å²) in [7, 11) is 0. The number of amides is 1. The van der Waals surface area contributed by atoms with Crippen LogP contribution in [0.5, 0.6) is 0 Å². The number of hydrogen-bond acceptors (Lipinski definition) is 2. The van der Waals surface area contributed by atoms with Crippen molar-refractivity contribution in [2.24, 2.45) is 11.8 Å². The molecule has 0 rings (SSSR count). The fourth-order valence-corrected chi connectivity index (χ4v) is 1.90. The summed E-state index contributed by atoms with van der Waals surface area (Å²) in [6, 6.07) is 0. The molecule has 0 saturated carbocycles. The Labute approximate surface area is 121 Å². The van der Waals surface area contributed by atoms with Crippen molar-refractivity contribution in [2.45, 2.75) is 34.6 Å². The van der Waals surface area contributed by atoms with Crippen LogP contribution in [0, 0.1) is 11.8 Å². The molecule has 0 aliphatic carbocycles. The third-order valence-corrected chi connectivity index (χ3v) is 2.49. The zero-order valence-electron chi connectivity index (χ0n) is 10.0. The number of hydrogen-bond donors (Lipinski definition) is 0. The Morgan fingerprint density at radius 3 is 1.80 bits per heavy atom. The summed E-state index contributed by atoms with van der Waals surface area (Å²) in [6.45, 7) is 12.4. The number of carbonyl (C=O) groups excluding carboxylic acids is 1. The molecule has 4 heteroatoms. The fourth-order valence-electron chi connectivity index (χ4n) is 1.32. The van der Waals surface area contributed by atoms with E-state index in [0.29, 0.717) is 11.8 Å². The Morgan fingerprint density at radius 1 is 1.13 bits per heavy atom. The Morgan fingerprint density at radius 2 is 1.53 bits per heavy atom. The summed E-state index contributed by atoms with van der Waals surface area (Å²) >= 11 is 1.41. The number of thioether (sulfide) groups is 1. The standard InChI is InChI=1S/C11H23NOS.Na.H/c1-6-14-11(13)12(7-9(2)3)8-10(4)5;;/h9-10H,6-8H2,1-5H3;;. The van der Waals surface area contributed by atoms with Crippen molar-refractivity contribution in [2.75, 3.05) is 18.8 Å². The van der Waals surface area contributed by atoms with Crippen LogP contribution in [0.3, 0.4) is 0 Å². The second-order valence-electron chi connectivity index (χ2n) is 4.39. The van der Waals surface area contributed by atoms with Gasteiger partial charge in [-0.1, -0.05) is 46.4 Å². The molecule has 15 heavy (non-hydrogen) atoms. The molecule has 0 aromatic heterocycles. The van der Waals surface area contributed by atoms with Crippen LogP contribution in [-0.2, 0) is 0 Å². The Kier molecular flexibility index (Phi) is 12.1. The SMILES string of the molecule is CCSC(=O)N(CC(C)C)CC(C)C.[NaH]. The molecule has 0 aromatic rings. The Bertz CT molecular complexity index is 164. The van der Waals surface area contributed by atoms with Crippen LogP contribution < -0.4 is 0 Å². The van der Waals surface area contributed by atoms with E-state index in [1.54, 1.807) is 0 Å². The summed E-state index contributed by atoms with van der Waals surface area (Å²) < 4.78 is 0. The molecule has 2 nitrogen and oxygen atoms in total. The summed E-state index contributed by atoms with van der Waals surface area (Å²) in [5.74, 6) is 1.97. The number of rotatable bonds is 5. The molecule has 1 amide bonds. The zero-order chi connectivity index (χ0) is 11.1. The molecule has 0 unspecified atom stereocenters. The second kappa shape index (κ2) is 10.0. The van der Waals surface area contributed by atoms with Gasteiger partial charge in [0.25, 0.3) is 5.24 Å². The summed E-state index contributed by atoms with van der Waals surface area (Å²) in [6.07, 6.45) is 0. The second-order valence-corrected chi connectivity index (χ2v) is 5.61. The Balaban J connectivity index is 0. The van der Waals surface area contributed by atoms with Gasteiger partial charge in [-0.2, -0.15) is 0 Å². The third-order valence-electron chi connectivity index (χ3n) is 1.70. The van der Waals surface area contributed by atoms with E-state index < -0.39 is 0 Å². The van der Waals surface area contributed by atoms with Gasteiger partial charge < -0.3 is 4.90 Å². The fraction of sp³-hybridized carbons (Fsp3) is 0.909. The van der Waals surface area contributed by atoms with E-state index >= 15 is 0 Å². The molecule has 0 aliphatic heterocycles. The van der Waals surface area contributed by atoms with Crippen LogP contribution in [0.25, 0.3) is 0 Å². The van der Waals surface area contributed by atoms with Gasteiger partial charge in [0.2, 0.25) is 0 Å².